The fourth-order valence-electron chi connectivity index (χ4n) is 3.88. The van der Waals surface area contributed by atoms with Gasteiger partial charge in [0.05, 0.1) is 22.3 Å². The third-order valence-electron chi connectivity index (χ3n) is 5.26. The molecule has 0 saturated carbocycles. The van der Waals surface area contributed by atoms with Gasteiger partial charge in [0.2, 0.25) is 0 Å². The van der Waals surface area contributed by atoms with Crippen molar-refractivity contribution in [3.05, 3.63) is 56.8 Å². The molecule has 5 heterocycles. The molecule has 0 bridgehead atoms. The van der Waals surface area contributed by atoms with Crippen LogP contribution >= 0.6 is 11.3 Å². The van der Waals surface area contributed by atoms with E-state index in [9.17, 15) is 4.79 Å². The number of nitrogens with zero attached hydrogens (tertiary/aromatic N) is 3. The van der Waals surface area contributed by atoms with Gasteiger partial charge in [-0.1, -0.05) is 5.16 Å². The average Bonchev–Trinajstić information content (AvgIpc) is 3.38. The number of aromatic nitrogens is 2. The summed E-state index contributed by atoms with van der Waals surface area (Å²) in [7, 11) is 0. The molecule has 0 radical (unpaired) electrons. The number of hydrogen-bond acceptors (Lipinski definition) is 6. The Labute approximate surface area is 165 Å². The van der Waals surface area contributed by atoms with Crippen molar-refractivity contribution < 1.29 is 13.7 Å². The smallest absolute Gasteiger partial charge is 0.259 e. The van der Waals surface area contributed by atoms with Gasteiger partial charge in [0, 0.05) is 23.5 Å². The summed E-state index contributed by atoms with van der Waals surface area (Å²) in [4.78, 5) is 21.3. The molecule has 1 aliphatic heterocycles. The molecular formula is C21H19N3O3S. The molecule has 4 aromatic heterocycles. The molecule has 0 N–H and O–H groups in total. The maximum absolute atomic E-state index is 13.5. The van der Waals surface area contributed by atoms with Gasteiger partial charge in [-0.2, -0.15) is 0 Å². The van der Waals surface area contributed by atoms with E-state index in [2.05, 4.69) is 21.6 Å². The van der Waals surface area contributed by atoms with E-state index < -0.39 is 0 Å². The number of rotatable bonds is 2. The Morgan fingerprint density at radius 1 is 1.25 bits per heavy atom. The second-order valence-electron chi connectivity index (χ2n) is 7.18. The van der Waals surface area contributed by atoms with E-state index in [4.69, 9.17) is 8.94 Å². The minimum Gasteiger partial charge on any atom is -0.466 e. The van der Waals surface area contributed by atoms with E-state index >= 15 is 0 Å². The first kappa shape index (κ1) is 17.2. The number of amides is 1. The lowest BCUT2D eigenvalue weighted by Gasteiger charge is -2.27. The molecule has 142 valence electrons. The Kier molecular flexibility index (Phi) is 3.87. The molecule has 5 rings (SSSR count). The zero-order valence-electron chi connectivity index (χ0n) is 15.9. The number of hydrogen-bond donors (Lipinski definition) is 0. The highest BCUT2D eigenvalue weighted by molar-refractivity contribution is 7.10. The van der Waals surface area contributed by atoms with Crippen LogP contribution < -0.4 is 0 Å². The highest BCUT2D eigenvalue weighted by atomic mass is 32.1. The quantitative estimate of drug-likeness (QED) is 0.495. The normalized spacial score (nSPS) is 13.9. The summed E-state index contributed by atoms with van der Waals surface area (Å²) in [6, 6.07) is 5.88. The number of aryl methyl sites for hydroxylation is 3. The van der Waals surface area contributed by atoms with Gasteiger partial charge < -0.3 is 13.8 Å². The minimum absolute atomic E-state index is 0.0188. The maximum Gasteiger partial charge on any atom is 0.259 e. The molecule has 0 aliphatic carbocycles. The number of fused-ring (bicyclic) bond motifs is 2. The molecule has 7 heteroatoms. The van der Waals surface area contributed by atoms with Gasteiger partial charge >= 0.3 is 0 Å². The van der Waals surface area contributed by atoms with Crippen LogP contribution in [-0.2, 0) is 13.0 Å². The van der Waals surface area contributed by atoms with Crippen molar-refractivity contribution in [2.24, 2.45) is 0 Å². The lowest BCUT2D eigenvalue weighted by molar-refractivity contribution is 0.0737. The summed E-state index contributed by atoms with van der Waals surface area (Å²) in [6.45, 7) is 6.96. The highest BCUT2D eigenvalue weighted by Gasteiger charge is 2.27. The SMILES string of the molecule is Cc1cc(-c2cc(C(=O)N3CCc4sccc4C3)c3c(C)noc3n2)c(C)o1. The summed E-state index contributed by atoms with van der Waals surface area (Å²) in [5, 5.41) is 6.82. The van der Waals surface area contributed by atoms with E-state index in [-0.39, 0.29) is 5.91 Å². The first-order valence-corrected chi connectivity index (χ1v) is 10.1. The maximum atomic E-state index is 13.5. The van der Waals surface area contributed by atoms with Gasteiger partial charge in [0.15, 0.2) is 0 Å². The largest absolute Gasteiger partial charge is 0.466 e. The molecule has 0 unspecified atom stereocenters. The average molecular weight is 393 g/mol. The Morgan fingerprint density at radius 2 is 2.11 bits per heavy atom. The molecule has 4 aromatic rings. The number of carbonyl (C=O) groups is 1. The van der Waals surface area contributed by atoms with Gasteiger partial charge in [0.1, 0.15) is 11.5 Å². The number of carbonyl (C=O) groups excluding carboxylic acids is 1. The lowest BCUT2D eigenvalue weighted by atomic mass is 10.0. The van der Waals surface area contributed by atoms with E-state index in [0.717, 1.165) is 23.5 Å². The van der Waals surface area contributed by atoms with Crippen molar-refractivity contribution in [3.63, 3.8) is 0 Å². The molecule has 1 aliphatic rings. The molecule has 0 fully saturated rings. The zero-order valence-corrected chi connectivity index (χ0v) is 16.7. The van der Waals surface area contributed by atoms with E-state index in [1.165, 1.54) is 10.4 Å². The Bertz CT molecular complexity index is 1220. The standard InChI is InChI=1S/C21H19N3O3S/c1-11-8-15(13(3)26-11)17-9-16(19-12(2)23-27-20(19)22-17)21(25)24-6-4-18-14(10-24)5-7-28-18/h5,7-9H,4,6,10H2,1-3H3. The van der Waals surface area contributed by atoms with Gasteiger partial charge in [-0.05, 0) is 56.3 Å². The molecule has 0 atom stereocenters. The molecule has 0 saturated heterocycles. The van der Waals surface area contributed by atoms with Crippen molar-refractivity contribution >= 4 is 28.3 Å². The number of pyridine rings is 1. The Morgan fingerprint density at radius 3 is 2.89 bits per heavy atom. The third kappa shape index (κ3) is 2.65. The van der Waals surface area contributed by atoms with Crippen LogP contribution in [0.4, 0.5) is 0 Å². The first-order chi connectivity index (χ1) is 13.5. The van der Waals surface area contributed by atoms with Gasteiger partial charge in [-0.3, -0.25) is 4.79 Å². The van der Waals surface area contributed by atoms with Crippen LogP contribution in [-0.4, -0.2) is 27.5 Å². The van der Waals surface area contributed by atoms with Crippen LogP contribution in [0.2, 0.25) is 0 Å². The van der Waals surface area contributed by atoms with E-state index in [0.29, 0.717) is 41.1 Å². The number of furan rings is 1. The molecular weight excluding hydrogens is 374 g/mol. The van der Waals surface area contributed by atoms with Gasteiger partial charge in [-0.25, -0.2) is 4.98 Å². The summed E-state index contributed by atoms with van der Waals surface area (Å²) < 4.78 is 11.1. The van der Waals surface area contributed by atoms with E-state index in [1.54, 1.807) is 11.3 Å². The molecule has 0 spiro atoms. The second-order valence-corrected chi connectivity index (χ2v) is 8.18. The predicted molar refractivity (Wildman–Crippen MR) is 106 cm³/mol. The van der Waals surface area contributed by atoms with Crippen molar-refractivity contribution in [1.29, 1.82) is 0 Å². The van der Waals surface area contributed by atoms with Crippen LogP contribution in [0.15, 0.2) is 32.5 Å². The fraction of sp³-hybridized carbons (Fsp3) is 0.286. The lowest BCUT2D eigenvalue weighted by Crippen LogP contribution is -2.35. The van der Waals surface area contributed by atoms with Crippen molar-refractivity contribution in [2.45, 2.75) is 33.7 Å². The van der Waals surface area contributed by atoms with Crippen molar-refractivity contribution in [2.75, 3.05) is 6.54 Å². The second kappa shape index (κ2) is 6.31. The highest BCUT2D eigenvalue weighted by Crippen LogP contribution is 2.32. The Hall–Kier alpha value is -2.93. The summed E-state index contributed by atoms with van der Waals surface area (Å²) in [6.07, 6.45) is 0.891. The van der Waals surface area contributed by atoms with Crippen LogP contribution in [0.3, 0.4) is 0 Å². The minimum atomic E-state index is -0.0188. The molecule has 1 amide bonds. The van der Waals surface area contributed by atoms with Crippen molar-refractivity contribution in [1.82, 2.24) is 15.0 Å². The first-order valence-electron chi connectivity index (χ1n) is 9.20. The monoisotopic (exact) mass is 393 g/mol. The predicted octanol–water partition coefficient (Wildman–Crippen LogP) is 4.67. The van der Waals surface area contributed by atoms with E-state index in [1.807, 2.05) is 37.8 Å². The summed E-state index contributed by atoms with van der Waals surface area (Å²) >= 11 is 1.76. The van der Waals surface area contributed by atoms with Crippen LogP contribution in [0.25, 0.3) is 22.4 Å². The fourth-order valence-corrected chi connectivity index (χ4v) is 4.77. The van der Waals surface area contributed by atoms with Gasteiger partial charge in [0.25, 0.3) is 11.6 Å². The van der Waals surface area contributed by atoms with Crippen LogP contribution in [0, 0.1) is 20.8 Å². The summed E-state index contributed by atoms with van der Waals surface area (Å²) in [5.74, 6) is 1.55. The van der Waals surface area contributed by atoms with Gasteiger partial charge in [-0.15, -0.1) is 11.3 Å². The van der Waals surface area contributed by atoms with Crippen molar-refractivity contribution in [3.8, 4) is 11.3 Å². The van der Waals surface area contributed by atoms with Crippen LogP contribution in [0.5, 0.6) is 0 Å². The zero-order chi connectivity index (χ0) is 19.4. The molecule has 0 aromatic carbocycles. The molecule has 28 heavy (non-hydrogen) atoms. The Balaban J connectivity index is 1.62. The third-order valence-corrected chi connectivity index (χ3v) is 6.28. The number of thiophene rings is 1. The topological polar surface area (TPSA) is 72.4 Å². The molecule has 6 nitrogen and oxygen atoms in total. The van der Waals surface area contributed by atoms with Crippen LogP contribution in [0.1, 0.15) is 38.0 Å². The summed E-state index contributed by atoms with van der Waals surface area (Å²) in [5.41, 5.74) is 4.39.